The van der Waals surface area contributed by atoms with E-state index in [2.05, 4.69) is 242 Å². The number of hydrogen-bond acceptors (Lipinski definition) is 2. The Hall–Kier alpha value is -7.42. The number of rotatable bonds is 6. The summed E-state index contributed by atoms with van der Waals surface area (Å²) in [6.45, 7) is 4.76. The molecule has 2 nitrogen and oxygen atoms in total. The van der Waals surface area contributed by atoms with Gasteiger partial charge in [0.25, 0.3) is 0 Å². The lowest BCUT2D eigenvalue weighted by Crippen LogP contribution is -2.31. The van der Waals surface area contributed by atoms with Crippen LogP contribution in [0.4, 0.5) is 34.1 Å². The van der Waals surface area contributed by atoms with Crippen LogP contribution in [0.5, 0.6) is 0 Å². The molecule has 10 aromatic carbocycles. The molecule has 10 aromatic rings. The van der Waals surface area contributed by atoms with Crippen LogP contribution >= 0.6 is 0 Å². The molecule has 1 heterocycles. The molecule has 59 heavy (non-hydrogen) atoms. The van der Waals surface area contributed by atoms with Gasteiger partial charge in [0.2, 0.25) is 0 Å². The van der Waals surface area contributed by atoms with Gasteiger partial charge in [-0.1, -0.05) is 184 Å². The third-order valence-corrected chi connectivity index (χ3v) is 12.4. The lowest BCUT2D eigenvalue weighted by atomic mass is 9.72. The van der Waals surface area contributed by atoms with E-state index < -0.39 is 0 Å². The van der Waals surface area contributed by atoms with Gasteiger partial charge in [0.05, 0.1) is 28.4 Å². The zero-order valence-corrected chi connectivity index (χ0v) is 33.2. The van der Waals surface area contributed by atoms with Gasteiger partial charge < -0.3 is 9.80 Å². The van der Waals surface area contributed by atoms with E-state index in [4.69, 9.17) is 0 Å². The van der Waals surface area contributed by atoms with Crippen LogP contribution in [-0.4, -0.2) is 0 Å². The van der Waals surface area contributed by atoms with Crippen LogP contribution in [0.2, 0.25) is 0 Å². The molecular weight excluding hydrogens is 713 g/mol. The molecule has 0 saturated carbocycles. The van der Waals surface area contributed by atoms with Crippen LogP contribution in [0.3, 0.4) is 0 Å². The third kappa shape index (κ3) is 5.79. The number of anilines is 6. The fraction of sp³-hybridized carbons (Fsp3) is 0.0526. The maximum absolute atomic E-state index is 2.55. The van der Waals surface area contributed by atoms with Gasteiger partial charge >= 0.3 is 0 Å². The summed E-state index contributed by atoms with van der Waals surface area (Å²) in [5.41, 5.74) is 14.0. The Morgan fingerprint density at radius 3 is 1.73 bits per heavy atom. The fourth-order valence-electron chi connectivity index (χ4n) is 9.40. The molecule has 2 heteroatoms. The first-order chi connectivity index (χ1) is 29.0. The summed E-state index contributed by atoms with van der Waals surface area (Å²) in [6.07, 6.45) is 0. The molecule has 0 radical (unpaired) electrons. The SMILES string of the molecule is CC1(C)c2ccccc2N(c2c(N(c3ccc(-c4ccccc4)cc3)c3cccc4ccccc34)ccc3ccccc23)c2ccc(-c3ccc4ccccc4c3)cc21. The van der Waals surface area contributed by atoms with Crippen molar-refractivity contribution in [2.75, 3.05) is 9.80 Å². The predicted octanol–water partition coefficient (Wildman–Crippen LogP) is 16.1. The molecule has 0 spiro atoms. The van der Waals surface area contributed by atoms with Gasteiger partial charge in [-0.2, -0.15) is 0 Å². The normalized spacial score (nSPS) is 13.0. The highest BCUT2D eigenvalue weighted by Crippen LogP contribution is 2.57. The number of benzene rings is 10. The van der Waals surface area contributed by atoms with Crippen molar-refractivity contribution in [2.45, 2.75) is 19.3 Å². The standard InChI is InChI=1S/C57H42N2/c1-57(2)50-24-12-13-25-53(50)59(54-35-32-46(38-51(54)57)45-28-27-40-17-6-7-20-44(40)37-45)56-49-23-11-9-19-43(49)31-36-55(56)58(52-26-14-21-42-18-8-10-22-48(42)52)47-33-29-41(30-34-47)39-15-4-3-5-16-39/h3-38H,1-2H3. The van der Waals surface area contributed by atoms with Crippen molar-refractivity contribution in [3.63, 3.8) is 0 Å². The van der Waals surface area contributed by atoms with Crippen molar-refractivity contribution < 1.29 is 0 Å². The molecule has 0 atom stereocenters. The van der Waals surface area contributed by atoms with Gasteiger partial charge in [-0.25, -0.2) is 0 Å². The largest absolute Gasteiger partial charge is 0.308 e. The average Bonchev–Trinajstić information content (AvgIpc) is 3.30. The van der Waals surface area contributed by atoms with Crippen LogP contribution in [0.1, 0.15) is 25.0 Å². The Morgan fingerprint density at radius 1 is 0.356 bits per heavy atom. The van der Waals surface area contributed by atoms with E-state index in [-0.39, 0.29) is 5.41 Å². The minimum atomic E-state index is -0.261. The monoisotopic (exact) mass is 754 g/mol. The maximum Gasteiger partial charge on any atom is 0.0781 e. The maximum atomic E-state index is 2.55. The number of hydrogen-bond donors (Lipinski definition) is 0. The smallest absolute Gasteiger partial charge is 0.0781 e. The molecule has 0 aliphatic carbocycles. The van der Waals surface area contributed by atoms with Gasteiger partial charge in [-0.3, -0.25) is 0 Å². The van der Waals surface area contributed by atoms with E-state index in [1.807, 2.05) is 0 Å². The van der Waals surface area contributed by atoms with Crippen molar-refractivity contribution in [3.8, 4) is 22.3 Å². The van der Waals surface area contributed by atoms with Crippen LogP contribution in [0, 0.1) is 0 Å². The number of nitrogens with zero attached hydrogens (tertiary/aromatic N) is 2. The van der Waals surface area contributed by atoms with Crippen molar-refractivity contribution >= 4 is 66.4 Å². The first-order valence-corrected chi connectivity index (χ1v) is 20.5. The number of para-hydroxylation sites is 1. The summed E-state index contributed by atoms with van der Waals surface area (Å²) < 4.78 is 0. The quantitative estimate of drug-likeness (QED) is 0.167. The summed E-state index contributed by atoms with van der Waals surface area (Å²) in [6, 6.07) is 80.2. The van der Waals surface area contributed by atoms with Crippen molar-refractivity contribution in [2.24, 2.45) is 0 Å². The van der Waals surface area contributed by atoms with Crippen LogP contribution < -0.4 is 9.80 Å². The molecule has 0 bridgehead atoms. The molecule has 1 aliphatic heterocycles. The number of fused-ring (bicyclic) bond motifs is 5. The highest BCUT2D eigenvalue weighted by molar-refractivity contribution is 6.10. The Labute approximate surface area is 345 Å². The van der Waals surface area contributed by atoms with Crippen molar-refractivity contribution in [1.82, 2.24) is 0 Å². The molecule has 0 amide bonds. The van der Waals surface area contributed by atoms with E-state index in [0.29, 0.717) is 0 Å². The second-order valence-electron chi connectivity index (χ2n) is 16.2. The molecule has 0 fully saturated rings. The van der Waals surface area contributed by atoms with E-state index >= 15 is 0 Å². The second kappa shape index (κ2) is 13.9. The van der Waals surface area contributed by atoms with Crippen molar-refractivity contribution in [1.29, 1.82) is 0 Å². The van der Waals surface area contributed by atoms with E-state index in [1.54, 1.807) is 0 Å². The fourth-order valence-corrected chi connectivity index (χ4v) is 9.40. The topological polar surface area (TPSA) is 6.48 Å². The van der Waals surface area contributed by atoms with Gasteiger partial charge in [0.15, 0.2) is 0 Å². The van der Waals surface area contributed by atoms with Crippen molar-refractivity contribution in [3.05, 3.63) is 230 Å². The Kier molecular flexibility index (Phi) is 8.20. The zero-order chi connectivity index (χ0) is 39.5. The van der Waals surface area contributed by atoms with Gasteiger partial charge in [-0.15, -0.1) is 0 Å². The van der Waals surface area contributed by atoms with Crippen LogP contribution in [0.15, 0.2) is 218 Å². The van der Waals surface area contributed by atoms with Crippen LogP contribution in [0.25, 0.3) is 54.6 Å². The molecule has 0 saturated heterocycles. The molecule has 1 aliphatic rings. The molecule has 0 N–H and O–H groups in total. The van der Waals surface area contributed by atoms with E-state index in [0.717, 1.165) is 22.7 Å². The van der Waals surface area contributed by atoms with Gasteiger partial charge in [0, 0.05) is 21.9 Å². The Morgan fingerprint density at radius 2 is 0.915 bits per heavy atom. The Bertz CT molecular complexity index is 3190. The minimum Gasteiger partial charge on any atom is -0.308 e. The first-order valence-electron chi connectivity index (χ1n) is 20.5. The first kappa shape index (κ1) is 34.8. The highest BCUT2D eigenvalue weighted by atomic mass is 15.2. The molecule has 0 unspecified atom stereocenters. The average molecular weight is 755 g/mol. The summed E-state index contributed by atoms with van der Waals surface area (Å²) in [5, 5.41) is 7.29. The predicted molar refractivity (Wildman–Crippen MR) is 251 cm³/mol. The summed E-state index contributed by atoms with van der Waals surface area (Å²) >= 11 is 0. The molecule has 280 valence electrons. The molecule has 11 rings (SSSR count). The highest BCUT2D eigenvalue weighted by Gasteiger charge is 2.39. The lowest BCUT2D eigenvalue weighted by molar-refractivity contribution is 0.632. The lowest BCUT2D eigenvalue weighted by Gasteiger charge is -2.44. The summed E-state index contributed by atoms with van der Waals surface area (Å²) in [5.74, 6) is 0. The molecule has 0 aromatic heterocycles. The van der Waals surface area contributed by atoms with E-state index in [9.17, 15) is 0 Å². The Balaban J connectivity index is 1.19. The van der Waals surface area contributed by atoms with E-state index in [1.165, 1.54) is 77.1 Å². The third-order valence-electron chi connectivity index (χ3n) is 12.4. The zero-order valence-electron chi connectivity index (χ0n) is 33.2. The molecular formula is C57H42N2. The summed E-state index contributed by atoms with van der Waals surface area (Å²) in [7, 11) is 0. The van der Waals surface area contributed by atoms with Gasteiger partial charge in [0.1, 0.15) is 0 Å². The summed E-state index contributed by atoms with van der Waals surface area (Å²) in [4.78, 5) is 5.03. The van der Waals surface area contributed by atoms with Gasteiger partial charge in [-0.05, 0) is 103 Å². The second-order valence-corrected chi connectivity index (χ2v) is 16.2. The minimum absolute atomic E-state index is 0.261. The van der Waals surface area contributed by atoms with Crippen LogP contribution in [-0.2, 0) is 5.41 Å².